The van der Waals surface area contributed by atoms with Gasteiger partial charge in [0.25, 0.3) is 0 Å². The molecule has 2 heteroatoms. The highest BCUT2D eigenvalue weighted by Crippen LogP contribution is 2.33. The molecule has 0 amide bonds. The number of methoxy groups -OCH3 is 1. The molecule has 1 aliphatic rings. The van der Waals surface area contributed by atoms with Crippen LogP contribution in [0.3, 0.4) is 0 Å². The summed E-state index contributed by atoms with van der Waals surface area (Å²) in [6.07, 6.45) is 5.26. The van der Waals surface area contributed by atoms with Gasteiger partial charge in [0.1, 0.15) is 5.75 Å². The molecule has 0 saturated carbocycles. The Balaban J connectivity index is 1.97. The Morgan fingerprint density at radius 3 is 2.95 bits per heavy atom. The minimum Gasteiger partial charge on any atom is -0.497 e. The van der Waals surface area contributed by atoms with Crippen LogP contribution in [-0.4, -0.2) is 25.1 Å². The first-order chi connectivity index (χ1) is 9.20. The first-order valence-corrected chi connectivity index (χ1v) is 7.58. The lowest BCUT2D eigenvalue weighted by atomic mass is 10.0. The number of hydrogen-bond donors (Lipinski definition) is 0. The van der Waals surface area contributed by atoms with Crippen molar-refractivity contribution in [2.24, 2.45) is 5.92 Å². The Morgan fingerprint density at radius 2 is 2.21 bits per heavy atom. The predicted octanol–water partition coefficient (Wildman–Crippen LogP) is 4.27. The minimum absolute atomic E-state index is 0.599. The highest BCUT2D eigenvalue weighted by molar-refractivity contribution is 5.31. The van der Waals surface area contributed by atoms with E-state index in [9.17, 15) is 0 Å². The highest BCUT2D eigenvalue weighted by atomic mass is 16.5. The summed E-state index contributed by atoms with van der Waals surface area (Å²) in [6, 6.07) is 9.18. The zero-order valence-corrected chi connectivity index (χ0v) is 12.6. The van der Waals surface area contributed by atoms with Gasteiger partial charge in [0, 0.05) is 6.04 Å². The van der Waals surface area contributed by atoms with E-state index in [1.807, 2.05) is 6.07 Å². The Labute approximate surface area is 117 Å². The van der Waals surface area contributed by atoms with E-state index < -0.39 is 0 Å². The van der Waals surface area contributed by atoms with Gasteiger partial charge in [0.2, 0.25) is 0 Å². The van der Waals surface area contributed by atoms with Crippen molar-refractivity contribution in [1.29, 1.82) is 0 Å². The van der Waals surface area contributed by atoms with Gasteiger partial charge in [0.15, 0.2) is 0 Å². The van der Waals surface area contributed by atoms with Crippen LogP contribution < -0.4 is 4.74 Å². The number of rotatable bonds is 6. The maximum atomic E-state index is 5.34. The highest BCUT2D eigenvalue weighted by Gasteiger charge is 2.25. The third-order valence-electron chi connectivity index (χ3n) is 4.07. The Morgan fingerprint density at radius 1 is 1.37 bits per heavy atom. The van der Waals surface area contributed by atoms with E-state index in [4.69, 9.17) is 4.74 Å². The molecule has 0 aliphatic carbocycles. The van der Waals surface area contributed by atoms with Gasteiger partial charge in [-0.3, -0.25) is 4.90 Å². The lowest BCUT2D eigenvalue weighted by Crippen LogP contribution is -2.24. The van der Waals surface area contributed by atoms with Crippen LogP contribution in [0, 0.1) is 5.92 Å². The Bertz CT molecular complexity index is 389. The van der Waals surface area contributed by atoms with Crippen LogP contribution in [0.1, 0.15) is 51.1 Å². The van der Waals surface area contributed by atoms with Gasteiger partial charge in [-0.05, 0) is 62.4 Å². The van der Waals surface area contributed by atoms with Gasteiger partial charge >= 0.3 is 0 Å². The van der Waals surface area contributed by atoms with Crippen LogP contribution in [0.5, 0.6) is 5.75 Å². The zero-order chi connectivity index (χ0) is 13.7. The maximum Gasteiger partial charge on any atom is 0.119 e. The molecule has 0 bridgehead atoms. The van der Waals surface area contributed by atoms with Crippen LogP contribution in [-0.2, 0) is 0 Å². The van der Waals surface area contributed by atoms with Crippen molar-refractivity contribution in [2.75, 3.05) is 20.2 Å². The molecule has 0 radical (unpaired) electrons. The molecule has 1 aromatic carbocycles. The second kappa shape index (κ2) is 6.95. The van der Waals surface area contributed by atoms with Gasteiger partial charge < -0.3 is 4.74 Å². The van der Waals surface area contributed by atoms with Crippen LogP contribution >= 0.6 is 0 Å². The first-order valence-electron chi connectivity index (χ1n) is 7.58. The summed E-state index contributed by atoms with van der Waals surface area (Å²) in [6.45, 7) is 7.10. The average Bonchev–Trinajstić information content (AvgIpc) is 2.87. The predicted molar refractivity (Wildman–Crippen MR) is 80.6 cm³/mol. The van der Waals surface area contributed by atoms with E-state index in [0.717, 1.165) is 11.7 Å². The molecule has 2 rings (SSSR count). The molecule has 1 atom stereocenters. The standard InChI is InChI=1S/C17H27NO/c1-14(2)7-5-11-18-12-6-10-17(18)15-8-4-9-16(13-15)19-3/h4,8-9,13-14,17H,5-7,10-12H2,1-3H3. The summed E-state index contributed by atoms with van der Waals surface area (Å²) in [7, 11) is 1.74. The molecule has 0 aromatic heterocycles. The van der Waals surface area contributed by atoms with Crippen molar-refractivity contribution >= 4 is 0 Å². The SMILES string of the molecule is COc1cccc(C2CCCN2CCCC(C)C)c1. The second-order valence-electron chi connectivity index (χ2n) is 6.01. The first kappa shape index (κ1) is 14.4. The monoisotopic (exact) mass is 261 g/mol. The van der Waals surface area contributed by atoms with Crippen molar-refractivity contribution in [1.82, 2.24) is 4.90 Å². The van der Waals surface area contributed by atoms with Crippen LogP contribution in [0.25, 0.3) is 0 Å². The Kier molecular flexibility index (Phi) is 5.26. The topological polar surface area (TPSA) is 12.5 Å². The fourth-order valence-corrected chi connectivity index (χ4v) is 3.02. The van der Waals surface area contributed by atoms with E-state index in [1.165, 1.54) is 44.3 Å². The number of benzene rings is 1. The fraction of sp³-hybridized carbons (Fsp3) is 0.647. The molecule has 1 fully saturated rings. The van der Waals surface area contributed by atoms with Crippen molar-refractivity contribution in [3.05, 3.63) is 29.8 Å². The average molecular weight is 261 g/mol. The van der Waals surface area contributed by atoms with E-state index >= 15 is 0 Å². The third kappa shape index (κ3) is 3.97. The second-order valence-corrected chi connectivity index (χ2v) is 6.01. The molecule has 0 N–H and O–H groups in total. The zero-order valence-electron chi connectivity index (χ0n) is 12.6. The summed E-state index contributed by atoms with van der Waals surface area (Å²) < 4.78 is 5.34. The summed E-state index contributed by atoms with van der Waals surface area (Å²) in [5, 5.41) is 0. The van der Waals surface area contributed by atoms with Crippen molar-refractivity contribution < 1.29 is 4.74 Å². The van der Waals surface area contributed by atoms with Crippen molar-refractivity contribution in [3.63, 3.8) is 0 Å². The number of likely N-dealkylation sites (tertiary alicyclic amines) is 1. The minimum atomic E-state index is 0.599. The molecule has 1 aromatic rings. The molecular formula is C17H27NO. The van der Waals surface area contributed by atoms with Crippen LogP contribution in [0.2, 0.25) is 0 Å². The molecule has 2 nitrogen and oxygen atoms in total. The van der Waals surface area contributed by atoms with Crippen LogP contribution in [0.15, 0.2) is 24.3 Å². The summed E-state index contributed by atoms with van der Waals surface area (Å²) in [5.74, 6) is 1.80. The maximum absolute atomic E-state index is 5.34. The van der Waals surface area contributed by atoms with E-state index in [1.54, 1.807) is 7.11 Å². The molecule has 1 aliphatic heterocycles. The van der Waals surface area contributed by atoms with Gasteiger partial charge in [-0.15, -0.1) is 0 Å². The molecule has 19 heavy (non-hydrogen) atoms. The summed E-state index contributed by atoms with van der Waals surface area (Å²) in [4.78, 5) is 2.65. The Hall–Kier alpha value is -1.02. The van der Waals surface area contributed by atoms with E-state index in [0.29, 0.717) is 6.04 Å². The third-order valence-corrected chi connectivity index (χ3v) is 4.07. The molecule has 1 unspecified atom stereocenters. The number of nitrogens with zero attached hydrogens (tertiary/aromatic N) is 1. The lowest BCUT2D eigenvalue weighted by molar-refractivity contribution is 0.247. The van der Waals surface area contributed by atoms with Crippen molar-refractivity contribution in [2.45, 2.75) is 45.6 Å². The van der Waals surface area contributed by atoms with Gasteiger partial charge in [-0.25, -0.2) is 0 Å². The summed E-state index contributed by atoms with van der Waals surface area (Å²) >= 11 is 0. The smallest absolute Gasteiger partial charge is 0.119 e. The van der Waals surface area contributed by atoms with Crippen LogP contribution in [0.4, 0.5) is 0 Å². The molecular weight excluding hydrogens is 234 g/mol. The van der Waals surface area contributed by atoms with Gasteiger partial charge in [-0.1, -0.05) is 26.0 Å². The van der Waals surface area contributed by atoms with Gasteiger partial charge in [0.05, 0.1) is 7.11 Å². The molecule has 1 saturated heterocycles. The van der Waals surface area contributed by atoms with E-state index in [-0.39, 0.29) is 0 Å². The molecule has 1 heterocycles. The van der Waals surface area contributed by atoms with Gasteiger partial charge in [-0.2, -0.15) is 0 Å². The lowest BCUT2D eigenvalue weighted by Gasteiger charge is -2.25. The summed E-state index contributed by atoms with van der Waals surface area (Å²) in [5.41, 5.74) is 1.42. The van der Waals surface area contributed by atoms with E-state index in [2.05, 4.69) is 36.9 Å². The number of ether oxygens (including phenoxy) is 1. The fourth-order valence-electron chi connectivity index (χ4n) is 3.02. The number of hydrogen-bond acceptors (Lipinski definition) is 2. The quantitative estimate of drug-likeness (QED) is 0.758. The normalized spacial score (nSPS) is 20.1. The largest absolute Gasteiger partial charge is 0.497 e. The van der Waals surface area contributed by atoms with Crippen molar-refractivity contribution in [3.8, 4) is 5.75 Å². The molecule has 0 spiro atoms. The molecule has 106 valence electrons.